The summed E-state index contributed by atoms with van der Waals surface area (Å²) in [5.74, 6) is 0.130. The monoisotopic (exact) mass is 233 g/mol. The molecular weight excluding hydrogens is 214 g/mol. The molecule has 1 amide bonds. The number of rotatable bonds is 6. The fraction of sp³-hybridized carbons (Fsp3) is 0.357. The average Bonchev–Trinajstić information content (AvgIpc) is 2.34. The number of ether oxygens (including phenoxy) is 1. The molecule has 1 aromatic carbocycles. The molecule has 0 bridgehead atoms. The number of allylic oxidation sites excluding steroid dienone is 1. The van der Waals surface area contributed by atoms with Gasteiger partial charge in [0.15, 0.2) is 0 Å². The fourth-order valence-electron chi connectivity index (χ4n) is 1.71. The molecule has 0 saturated carbocycles. The van der Waals surface area contributed by atoms with E-state index in [-0.39, 0.29) is 5.92 Å². The van der Waals surface area contributed by atoms with Crippen molar-refractivity contribution in [3.63, 3.8) is 0 Å². The lowest BCUT2D eigenvalue weighted by Crippen LogP contribution is -2.17. The van der Waals surface area contributed by atoms with Gasteiger partial charge in [0.2, 0.25) is 0 Å². The quantitative estimate of drug-likeness (QED) is 0.768. The van der Waals surface area contributed by atoms with Gasteiger partial charge in [0.25, 0.3) is 0 Å². The number of benzene rings is 1. The second-order valence-corrected chi connectivity index (χ2v) is 3.95. The van der Waals surface area contributed by atoms with Gasteiger partial charge in [0.05, 0.1) is 0 Å². The summed E-state index contributed by atoms with van der Waals surface area (Å²) in [5.41, 5.74) is 7.41. The number of hydrogen-bond acceptors (Lipinski definition) is 2. The Hall–Kier alpha value is -1.77. The summed E-state index contributed by atoms with van der Waals surface area (Å²) in [6.45, 7) is 6.13. The van der Waals surface area contributed by atoms with Crippen LogP contribution >= 0.6 is 0 Å². The first-order chi connectivity index (χ1) is 8.17. The number of hydrogen-bond donors (Lipinski definition) is 1. The van der Waals surface area contributed by atoms with Gasteiger partial charge in [-0.25, -0.2) is 4.79 Å². The second-order valence-electron chi connectivity index (χ2n) is 3.95. The number of carbonyl (C=O) groups is 1. The molecule has 3 heteroatoms. The van der Waals surface area contributed by atoms with Crippen LogP contribution in [0.1, 0.15) is 30.4 Å². The van der Waals surface area contributed by atoms with Crippen LogP contribution in [0, 0.1) is 0 Å². The Labute approximate surface area is 102 Å². The third-order valence-electron chi connectivity index (χ3n) is 2.74. The van der Waals surface area contributed by atoms with Crippen molar-refractivity contribution in [2.45, 2.75) is 25.7 Å². The van der Waals surface area contributed by atoms with E-state index in [9.17, 15) is 4.79 Å². The van der Waals surface area contributed by atoms with E-state index in [2.05, 4.69) is 37.8 Å². The van der Waals surface area contributed by atoms with Gasteiger partial charge in [0.1, 0.15) is 6.61 Å². The van der Waals surface area contributed by atoms with Crippen LogP contribution in [0.4, 0.5) is 4.79 Å². The van der Waals surface area contributed by atoms with Gasteiger partial charge in [-0.15, -0.1) is 6.58 Å². The Kier molecular flexibility index (Phi) is 5.27. The first-order valence-corrected chi connectivity index (χ1v) is 5.79. The van der Waals surface area contributed by atoms with E-state index in [0.717, 1.165) is 18.4 Å². The SMILES string of the molecule is C=CCC(COC(N)=O)c1ccc(CC)cc1. The zero-order valence-electron chi connectivity index (χ0n) is 10.2. The molecule has 0 saturated heterocycles. The molecule has 1 atom stereocenters. The van der Waals surface area contributed by atoms with Gasteiger partial charge in [-0.05, 0) is 24.0 Å². The maximum atomic E-state index is 10.6. The highest BCUT2D eigenvalue weighted by Crippen LogP contribution is 2.21. The zero-order valence-corrected chi connectivity index (χ0v) is 10.2. The van der Waals surface area contributed by atoms with Crippen LogP contribution < -0.4 is 5.73 Å². The Morgan fingerprint density at radius 1 is 1.47 bits per heavy atom. The first-order valence-electron chi connectivity index (χ1n) is 5.79. The van der Waals surface area contributed by atoms with E-state index < -0.39 is 6.09 Å². The Balaban J connectivity index is 2.73. The van der Waals surface area contributed by atoms with Gasteiger partial charge in [-0.1, -0.05) is 37.3 Å². The molecule has 0 aliphatic carbocycles. The summed E-state index contributed by atoms with van der Waals surface area (Å²) in [6, 6.07) is 8.32. The minimum absolute atomic E-state index is 0.130. The minimum Gasteiger partial charge on any atom is -0.449 e. The zero-order chi connectivity index (χ0) is 12.7. The molecule has 0 fully saturated rings. The molecule has 3 nitrogen and oxygen atoms in total. The van der Waals surface area contributed by atoms with Crippen LogP contribution in [0.2, 0.25) is 0 Å². The van der Waals surface area contributed by atoms with Crippen LogP contribution in [-0.2, 0) is 11.2 Å². The lowest BCUT2D eigenvalue weighted by Gasteiger charge is -2.15. The van der Waals surface area contributed by atoms with E-state index in [0.29, 0.717) is 6.61 Å². The molecule has 1 aromatic rings. The highest BCUT2D eigenvalue weighted by Gasteiger charge is 2.11. The van der Waals surface area contributed by atoms with Crippen LogP contribution in [0.15, 0.2) is 36.9 Å². The number of primary amides is 1. The van der Waals surface area contributed by atoms with Gasteiger partial charge in [-0.2, -0.15) is 0 Å². The van der Waals surface area contributed by atoms with Gasteiger partial charge < -0.3 is 10.5 Å². The lowest BCUT2D eigenvalue weighted by atomic mass is 9.95. The normalized spacial score (nSPS) is 11.8. The van der Waals surface area contributed by atoms with E-state index in [4.69, 9.17) is 10.5 Å². The van der Waals surface area contributed by atoms with Gasteiger partial charge >= 0.3 is 6.09 Å². The van der Waals surface area contributed by atoms with Crippen molar-refractivity contribution in [3.8, 4) is 0 Å². The summed E-state index contributed by atoms with van der Waals surface area (Å²) < 4.78 is 4.86. The number of nitrogens with two attached hydrogens (primary N) is 1. The summed E-state index contributed by atoms with van der Waals surface area (Å²) >= 11 is 0. The van der Waals surface area contributed by atoms with Crippen molar-refractivity contribution < 1.29 is 9.53 Å². The highest BCUT2D eigenvalue weighted by molar-refractivity contribution is 5.64. The first kappa shape index (κ1) is 13.3. The number of carbonyl (C=O) groups excluding carboxylic acids is 1. The summed E-state index contributed by atoms with van der Waals surface area (Å²) in [4.78, 5) is 10.6. The molecule has 1 unspecified atom stereocenters. The van der Waals surface area contributed by atoms with Crippen LogP contribution in [0.5, 0.6) is 0 Å². The Morgan fingerprint density at radius 3 is 2.59 bits per heavy atom. The molecular formula is C14H19NO2. The average molecular weight is 233 g/mol. The molecule has 0 radical (unpaired) electrons. The molecule has 17 heavy (non-hydrogen) atoms. The van der Waals surface area contributed by atoms with Crippen molar-refractivity contribution in [1.29, 1.82) is 0 Å². The third kappa shape index (κ3) is 4.31. The fourth-order valence-corrected chi connectivity index (χ4v) is 1.71. The van der Waals surface area contributed by atoms with Crippen molar-refractivity contribution in [2.75, 3.05) is 6.61 Å². The number of amides is 1. The molecule has 0 heterocycles. The van der Waals surface area contributed by atoms with E-state index >= 15 is 0 Å². The lowest BCUT2D eigenvalue weighted by molar-refractivity contribution is 0.149. The van der Waals surface area contributed by atoms with Crippen molar-refractivity contribution in [2.24, 2.45) is 5.73 Å². The van der Waals surface area contributed by atoms with Gasteiger partial charge in [0, 0.05) is 5.92 Å². The van der Waals surface area contributed by atoms with Crippen LogP contribution in [0.3, 0.4) is 0 Å². The van der Waals surface area contributed by atoms with Crippen LogP contribution in [0.25, 0.3) is 0 Å². The largest absolute Gasteiger partial charge is 0.449 e. The number of aryl methyl sites for hydroxylation is 1. The highest BCUT2D eigenvalue weighted by atomic mass is 16.5. The standard InChI is InChI=1S/C14H19NO2/c1-3-5-13(10-17-14(15)16)12-8-6-11(4-2)7-9-12/h3,6-9,13H,1,4-5,10H2,2H3,(H2,15,16). The van der Waals surface area contributed by atoms with Crippen LogP contribution in [-0.4, -0.2) is 12.7 Å². The minimum atomic E-state index is -0.732. The molecule has 0 aliphatic rings. The van der Waals surface area contributed by atoms with E-state index in [1.54, 1.807) is 0 Å². The smallest absolute Gasteiger partial charge is 0.404 e. The summed E-state index contributed by atoms with van der Waals surface area (Å²) in [5, 5.41) is 0. The van der Waals surface area contributed by atoms with E-state index in [1.165, 1.54) is 5.56 Å². The molecule has 1 rings (SSSR count). The maximum Gasteiger partial charge on any atom is 0.404 e. The Morgan fingerprint density at radius 2 is 2.12 bits per heavy atom. The molecule has 0 aromatic heterocycles. The van der Waals surface area contributed by atoms with Crippen molar-refractivity contribution in [3.05, 3.63) is 48.0 Å². The molecule has 0 spiro atoms. The summed E-state index contributed by atoms with van der Waals surface area (Å²) in [7, 11) is 0. The summed E-state index contributed by atoms with van der Waals surface area (Å²) in [6.07, 6.45) is 2.87. The van der Waals surface area contributed by atoms with Crippen molar-refractivity contribution >= 4 is 6.09 Å². The van der Waals surface area contributed by atoms with Crippen molar-refractivity contribution in [1.82, 2.24) is 0 Å². The van der Waals surface area contributed by atoms with Gasteiger partial charge in [-0.3, -0.25) is 0 Å². The maximum absolute atomic E-state index is 10.6. The second kappa shape index (κ2) is 6.74. The topological polar surface area (TPSA) is 52.3 Å². The molecule has 92 valence electrons. The predicted octanol–water partition coefficient (Wildman–Crippen LogP) is 3.00. The molecule has 2 N–H and O–H groups in total. The predicted molar refractivity (Wildman–Crippen MR) is 68.9 cm³/mol. The third-order valence-corrected chi connectivity index (χ3v) is 2.74. The van der Waals surface area contributed by atoms with E-state index in [1.807, 2.05) is 6.08 Å². The Bertz CT molecular complexity index is 370. The molecule has 0 aliphatic heterocycles.